The van der Waals surface area contributed by atoms with E-state index in [0.717, 1.165) is 22.4 Å². The quantitative estimate of drug-likeness (QED) is 0.583. The number of fused-ring (bicyclic) bond motifs is 1. The Hall–Kier alpha value is -2.11. The molecular weight excluding hydrogens is 252 g/mol. The van der Waals surface area contributed by atoms with Crippen LogP contribution in [0.3, 0.4) is 0 Å². The molecule has 0 fully saturated rings. The summed E-state index contributed by atoms with van der Waals surface area (Å²) in [6, 6.07) is 9.91. The molecule has 1 aromatic heterocycles. The highest BCUT2D eigenvalue weighted by atomic mass is 16.5. The summed E-state index contributed by atoms with van der Waals surface area (Å²) in [7, 11) is 0. The zero-order chi connectivity index (χ0) is 14.1. The molecule has 0 amide bonds. The highest BCUT2D eigenvalue weighted by Gasteiger charge is 2.32. The summed E-state index contributed by atoms with van der Waals surface area (Å²) < 4.78 is 5.73. The van der Waals surface area contributed by atoms with Gasteiger partial charge in [0.2, 0.25) is 0 Å². The monoisotopic (exact) mass is 270 g/mol. The predicted octanol–water partition coefficient (Wildman–Crippen LogP) is 1.65. The summed E-state index contributed by atoms with van der Waals surface area (Å²) in [5, 5.41) is 0. The number of pyridine rings is 1. The number of nitrogens with one attached hydrogen (secondary N) is 1. The first kappa shape index (κ1) is 12.9. The van der Waals surface area contributed by atoms with Gasteiger partial charge in [-0.1, -0.05) is 18.2 Å². The van der Waals surface area contributed by atoms with Crippen molar-refractivity contribution in [3.8, 4) is 5.75 Å². The van der Waals surface area contributed by atoms with Gasteiger partial charge in [-0.3, -0.25) is 11.3 Å². The van der Waals surface area contributed by atoms with Gasteiger partial charge in [0.1, 0.15) is 11.6 Å². The Labute approximate surface area is 117 Å². The van der Waals surface area contributed by atoms with Crippen molar-refractivity contribution in [1.29, 1.82) is 0 Å². The lowest BCUT2D eigenvalue weighted by Crippen LogP contribution is -2.34. The summed E-state index contributed by atoms with van der Waals surface area (Å²) in [6.07, 6.45) is 1.76. The Bertz CT molecular complexity index is 629. The van der Waals surface area contributed by atoms with Crippen LogP contribution in [-0.4, -0.2) is 11.6 Å². The largest absolute Gasteiger partial charge is 0.493 e. The number of benzene rings is 1. The molecule has 0 aliphatic carbocycles. The molecule has 0 saturated carbocycles. The molecule has 0 radical (unpaired) electrons. The molecule has 1 aliphatic heterocycles. The summed E-state index contributed by atoms with van der Waals surface area (Å²) in [5.74, 6) is 7.32. The molecule has 2 unspecified atom stereocenters. The van der Waals surface area contributed by atoms with E-state index in [1.165, 1.54) is 0 Å². The second-order valence-electron chi connectivity index (χ2n) is 5.09. The summed E-state index contributed by atoms with van der Waals surface area (Å²) in [4.78, 5) is 4.22. The number of anilines is 1. The number of para-hydroxylation sites is 1. The van der Waals surface area contributed by atoms with Crippen LogP contribution in [0, 0.1) is 6.92 Å². The average molecular weight is 270 g/mol. The van der Waals surface area contributed by atoms with Crippen LogP contribution in [0.25, 0.3) is 0 Å². The zero-order valence-electron chi connectivity index (χ0n) is 11.3. The van der Waals surface area contributed by atoms with E-state index >= 15 is 0 Å². The number of nitrogens with two attached hydrogens (primary N) is 2. The molecule has 5 heteroatoms. The van der Waals surface area contributed by atoms with Gasteiger partial charge in [0, 0.05) is 23.2 Å². The number of aryl methyl sites for hydroxylation is 1. The fraction of sp³-hybridized carbons (Fsp3) is 0.267. The van der Waals surface area contributed by atoms with Gasteiger partial charge in [-0.15, -0.1) is 0 Å². The second-order valence-corrected chi connectivity index (χ2v) is 5.09. The molecule has 0 bridgehead atoms. The number of nitrogen functional groups attached to an aromatic ring is 1. The van der Waals surface area contributed by atoms with Gasteiger partial charge in [-0.25, -0.2) is 4.98 Å². The van der Waals surface area contributed by atoms with Crippen LogP contribution in [-0.2, 0) is 0 Å². The Morgan fingerprint density at radius 2 is 2.20 bits per heavy atom. The first-order valence-electron chi connectivity index (χ1n) is 6.60. The molecule has 20 heavy (non-hydrogen) atoms. The van der Waals surface area contributed by atoms with Crippen molar-refractivity contribution in [3.05, 3.63) is 53.2 Å². The Morgan fingerprint density at radius 3 is 3.00 bits per heavy atom. The van der Waals surface area contributed by atoms with E-state index in [2.05, 4.69) is 16.5 Å². The van der Waals surface area contributed by atoms with E-state index in [9.17, 15) is 0 Å². The number of hydrogen-bond acceptors (Lipinski definition) is 5. The fourth-order valence-electron chi connectivity index (χ4n) is 2.74. The normalized spacial score (nSPS) is 18.4. The molecule has 5 nitrogen and oxygen atoms in total. The summed E-state index contributed by atoms with van der Waals surface area (Å²) in [5.41, 5.74) is 12.0. The van der Waals surface area contributed by atoms with E-state index in [1.54, 1.807) is 6.20 Å². The standard InChI is InChI=1S/C15H18N4O/c1-9-6-11(15(16)18-7-9)14(19-17)12-8-20-13-5-3-2-4-10(12)13/h2-7,12,14,19H,8,17H2,1H3,(H2,16,18). The smallest absolute Gasteiger partial charge is 0.128 e. The van der Waals surface area contributed by atoms with Crippen molar-refractivity contribution in [2.75, 3.05) is 12.3 Å². The van der Waals surface area contributed by atoms with E-state index in [1.807, 2.05) is 31.2 Å². The van der Waals surface area contributed by atoms with Gasteiger partial charge in [0.05, 0.1) is 12.6 Å². The molecule has 2 heterocycles. The van der Waals surface area contributed by atoms with Crippen molar-refractivity contribution in [1.82, 2.24) is 10.4 Å². The zero-order valence-corrected chi connectivity index (χ0v) is 11.3. The summed E-state index contributed by atoms with van der Waals surface area (Å²) in [6.45, 7) is 2.57. The van der Waals surface area contributed by atoms with Crippen molar-refractivity contribution in [2.45, 2.75) is 18.9 Å². The van der Waals surface area contributed by atoms with Crippen molar-refractivity contribution in [3.63, 3.8) is 0 Å². The third kappa shape index (κ3) is 2.11. The fourth-order valence-corrected chi connectivity index (χ4v) is 2.74. The first-order valence-corrected chi connectivity index (χ1v) is 6.60. The molecule has 2 atom stereocenters. The van der Waals surface area contributed by atoms with E-state index in [-0.39, 0.29) is 12.0 Å². The maximum absolute atomic E-state index is 6.01. The molecule has 3 rings (SSSR count). The molecule has 1 aliphatic rings. The molecule has 2 aromatic rings. The number of rotatable bonds is 3. The van der Waals surface area contributed by atoms with Crippen molar-refractivity contribution in [2.24, 2.45) is 5.84 Å². The number of hydrogen-bond donors (Lipinski definition) is 3. The average Bonchev–Trinajstić information content (AvgIpc) is 2.88. The van der Waals surface area contributed by atoms with E-state index in [4.69, 9.17) is 16.3 Å². The molecule has 0 spiro atoms. The number of hydrazine groups is 1. The lowest BCUT2D eigenvalue weighted by Gasteiger charge is -2.23. The van der Waals surface area contributed by atoms with E-state index in [0.29, 0.717) is 12.4 Å². The Kier molecular flexibility index (Phi) is 3.30. The highest BCUT2D eigenvalue weighted by molar-refractivity contribution is 5.48. The molecule has 1 aromatic carbocycles. The topological polar surface area (TPSA) is 86.2 Å². The van der Waals surface area contributed by atoms with Crippen LogP contribution >= 0.6 is 0 Å². The number of ether oxygens (including phenoxy) is 1. The minimum atomic E-state index is -0.119. The van der Waals surface area contributed by atoms with Crippen molar-refractivity contribution >= 4 is 5.82 Å². The highest BCUT2D eigenvalue weighted by Crippen LogP contribution is 2.41. The van der Waals surface area contributed by atoms with Gasteiger partial charge in [-0.2, -0.15) is 0 Å². The van der Waals surface area contributed by atoms with Gasteiger partial charge in [-0.05, 0) is 24.6 Å². The maximum Gasteiger partial charge on any atom is 0.128 e. The van der Waals surface area contributed by atoms with Crippen LogP contribution in [0.1, 0.15) is 28.7 Å². The van der Waals surface area contributed by atoms with Crippen LogP contribution < -0.4 is 21.7 Å². The lowest BCUT2D eigenvalue weighted by atomic mass is 9.88. The predicted molar refractivity (Wildman–Crippen MR) is 78.1 cm³/mol. The van der Waals surface area contributed by atoms with Crippen molar-refractivity contribution < 1.29 is 4.74 Å². The van der Waals surface area contributed by atoms with Crippen LogP contribution in [0.15, 0.2) is 36.5 Å². The Morgan fingerprint density at radius 1 is 1.40 bits per heavy atom. The molecular formula is C15H18N4O. The van der Waals surface area contributed by atoms with Crippen LogP contribution in [0.4, 0.5) is 5.82 Å². The Balaban J connectivity index is 2.01. The van der Waals surface area contributed by atoms with Gasteiger partial charge >= 0.3 is 0 Å². The van der Waals surface area contributed by atoms with Gasteiger partial charge < -0.3 is 10.5 Å². The third-order valence-electron chi connectivity index (χ3n) is 3.74. The maximum atomic E-state index is 6.01. The molecule has 104 valence electrons. The molecule has 5 N–H and O–H groups in total. The summed E-state index contributed by atoms with van der Waals surface area (Å²) >= 11 is 0. The van der Waals surface area contributed by atoms with Gasteiger partial charge in [0.25, 0.3) is 0 Å². The van der Waals surface area contributed by atoms with E-state index < -0.39 is 0 Å². The SMILES string of the molecule is Cc1cnc(N)c(C(NN)C2COc3ccccc32)c1. The number of aromatic nitrogens is 1. The second kappa shape index (κ2) is 5.11. The molecule has 0 saturated heterocycles. The first-order chi connectivity index (χ1) is 9.70. The third-order valence-corrected chi connectivity index (χ3v) is 3.74. The minimum absolute atomic E-state index is 0.119. The van der Waals surface area contributed by atoms with Gasteiger partial charge in [0.15, 0.2) is 0 Å². The van der Waals surface area contributed by atoms with Crippen LogP contribution in [0.5, 0.6) is 5.75 Å². The number of nitrogens with zero attached hydrogens (tertiary/aromatic N) is 1. The lowest BCUT2D eigenvalue weighted by molar-refractivity contribution is 0.300. The minimum Gasteiger partial charge on any atom is -0.493 e. The van der Waals surface area contributed by atoms with Crippen LogP contribution in [0.2, 0.25) is 0 Å².